The van der Waals surface area contributed by atoms with Crippen LogP contribution in [0.15, 0.2) is 62.5 Å². The number of aliphatic hydroxyl groups excluding tert-OH is 1. The summed E-state index contributed by atoms with van der Waals surface area (Å²) in [6, 6.07) is 6.21. The van der Waals surface area contributed by atoms with Gasteiger partial charge in [0.1, 0.15) is 22.0 Å². The van der Waals surface area contributed by atoms with E-state index in [1.54, 1.807) is 0 Å². The number of aromatic hydroxyl groups is 1. The summed E-state index contributed by atoms with van der Waals surface area (Å²) in [5, 5.41) is 27.5. The molecule has 1 fully saturated rings. The molecule has 0 aromatic heterocycles. The third kappa shape index (κ3) is 5.84. The van der Waals surface area contributed by atoms with Crippen LogP contribution in [0.1, 0.15) is 18.4 Å². The van der Waals surface area contributed by atoms with Gasteiger partial charge >= 0.3 is 6.18 Å². The van der Waals surface area contributed by atoms with Crippen LogP contribution >= 0.6 is 0 Å². The minimum Gasteiger partial charge on any atom is -0.507 e. The number of piperidine rings is 1. The van der Waals surface area contributed by atoms with E-state index >= 15 is 0 Å². The predicted octanol–water partition coefficient (Wildman–Crippen LogP) is 4.20. The molecule has 3 aromatic carbocycles. The molecule has 1 atom stereocenters. The summed E-state index contributed by atoms with van der Waals surface area (Å²) in [5.74, 6) is -1.01. The molecular formula is C23H23F3N4O7S2. The molecule has 1 heterocycles. The van der Waals surface area contributed by atoms with Crippen LogP contribution in [0.4, 0.5) is 30.2 Å². The van der Waals surface area contributed by atoms with Crippen LogP contribution in [0.3, 0.4) is 0 Å². The van der Waals surface area contributed by atoms with Crippen molar-refractivity contribution < 1.29 is 44.8 Å². The molecule has 0 spiro atoms. The lowest BCUT2D eigenvalue weighted by Crippen LogP contribution is -2.40. The van der Waals surface area contributed by atoms with Gasteiger partial charge in [-0.2, -0.15) is 25.9 Å². The van der Waals surface area contributed by atoms with E-state index in [-0.39, 0.29) is 47.8 Å². The zero-order valence-corrected chi connectivity index (χ0v) is 21.6. The number of phenols is 1. The maximum atomic E-state index is 13.5. The van der Waals surface area contributed by atoms with Crippen molar-refractivity contribution in [3.63, 3.8) is 0 Å². The first kappa shape index (κ1) is 28.7. The standard InChI is InChI=1S/C23H23F3N4O7S2/c24-23(25,26)15-4-6-20(38(33,34)30-7-1-2-13(11-30)12-31)18(9-15)28-29-22-17(27)5-3-14-8-16(39(35,36)37)10-19(32)21(14)22/h3-6,8-10,13,31-32H,1-2,7,11-12,27H2,(H,35,36,37)/b29-28+. The minimum absolute atomic E-state index is 0.0311. The SMILES string of the molecule is Nc1ccc2cc(S(=O)(=O)O)cc(O)c2c1/N=N/c1cc(C(F)(F)F)ccc1S(=O)(=O)N1CCCC(CO)C1. The summed E-state index contributed by atoms with van der Waals surface area (Å²) < 4.78 is 101. The molecule has 1 saturated heterocycles. The lowest BCUT2D eigenvalue weighted by atomic mass is 10.0. The van der Waals surface area contributed by atoms with E-state index in [1.807, 2.05) is 0 Å². The van der Waals surface area contributed by atoms with Gasteiger partial charge in [-0.25, -0.2) is 8.42 Å². The third-order valence-corrected chi connectivity index (χ3v) is 9.02. The fourth-order valence-corrected chi connectivity index (χ4v) is 6.49. The first-order chi connectivity index (χ1) is 18.1. The molecule has 39 heavy (non-hydrogen) atoms. The molecule has 0 amide bonds. The summed E-state index contributed by atoms with van der Waals surface area (Å²) >= 11 is 0. The minimum atomic E-state index is -4.83. The van der Waals surface area contributed by atoms with Gasteiger partial charge in [0.25, 0.3) is 10.1 Å². The van der Waals surface area contributed by atoms with Crippen molar-refractivity contribution >= 4 is 48.0 Å². The van der Waals surface area contributed by atoms with Crippen molar-refractivity contribution in [2.24, 2.45) is 16.1 Å². The average molecular weight is 589 g/mol. The molecule has 5 N–H and O–H groups in total. The number of rotatable bonds is 6. The molecule has 0 radical (unpaired) electrons. The topological polar surface area (TPSA) is 183 Å². The van der Waals surface area contributed by atoms with E-state index < -0.39 is 53.1 Å². The Morgan fingerprint density at radius 1 is 1.05 bits per heavy atom. The van der Waals surface area contributed by atoms with Gasteiger partial charge in [0.2, 0.25) is 10.0 Å². The fraction of sp³-hybridized carbons (Fsp3) is 0.304. The van der Waals surface area contributed by atoms with Gasteiger partial charge in [0.05, 0.1) is 21.5 Å². The van der Waals surface area contributed by atoms with E-state index in [0.717, 1.165) is 22.5 Å². The largest absolute Gasteiger partial charge is 0.507 e. The van der Waals surface area contributed by atoms with E-state index in [4.69, 9.17) is 5.73 Å². The van der Waals surface area contributed by atoms with Gasteiger partial charge in [-0.15, -0.1) is 10.2 Å². The second kappa shape index (κ2) is 10.3. The first-order valence-electron chi connectivity index (χ1n) is 11.4. The number of alkyl halides is 3. The highest BCUT2D eigenvalue weighted by Gasteiger charge is 2.35. The number of halogens is 3. The molecule has 11 nitrogen and oxygen atoms in total. The predicted molar refractivity (Wildman–Crippen MR) is 134 cm³/mol. The highest BCUT2D eigenvalue weighted by molar-refractivity contribution is 7.89. The zero-order valence-electron chi connectivity index (χ0n) is 20.0. The van der Waals surface area contributed by atoms with Crippen molar-refractivity contribution in [3.8, 4) is 5.75 Å². The quantitative estimate of drug-likeness (QED) is 0.188. The molecule has 3 aromatic rings. The van der Waals surface area contributed by atoms with E-state index in [2.05, 4.69) is 10.2 Å². The number of aliphatic hydroxyl groups is 1. The van der Waals surface area contributed by atoms with Crippen LogP contribution in [0.2, 0.25) is 0 Å². The van der Waals surface area contributed by atoms with Crippen LogP contribution in [0.25, 0.3) is 10.8 Å². The van der Waals surface area contributed by atoms with Gasteiger partial charge in [0, 0.05) is 25.8 Å². The average Bonchev–Trinajstić information content (AvgIpc) is 2.87. The number of fused-ring (bicyclic) bond motifs is 1. The van der Waals surface area contributed by atoms with Crippen molar-refractivity contribution in [2.75, 3.05) is 25.4 Å². The first-order valence-corrected chi connectivity index (χ1v) is 14.3. The van der Waals surface area contributed by atoms with Crippen LogP contribution < -0.4 is 5.73 Å². The van der Waals surface area contributed by atoms with Crippen molar-refractivity contribution in [1.82, 2.24) is 4.31 Å². The highest BCUT2D eigenvalue weighted by atomic mass is 32.2. The summed E-state index contributed by atoms with van der Waals surface area (Å²) in [7, 11) is -9.05. The summed E-state index contributed by atoms with van der Waals surface area (Å²) in [6.07, 6.45) is -3.80. The second-order valence-corrected chi connectivity index (χ2v) is 12.3. The Morgan fingerprint density at radius 2 is 1.77 bits per heavy atom. The Labute approximate surface area is 221 Å². The number of sulfonamides is 1. The molecule has 1 aliphatic heterocycles. The van der Waals surface area contributed by atoms with Crippen LogP contribution in [0, 0.1) is 5.92 Å². The number of nitrogen functional groups attached to an aromatic ring is 1. The lowest BCUT2D eigenvalue weighted by Gasteiger charge is -2.31. The number of hydrogen-bond donors (Lipinski definition) is 4. The second-order valence-electron chi connectivity index (χ2n) is 8.95. The maximum absolute atomic E-state index is 13.5. The molecule has 0 saturated carbocycles. The zero-order chi connectivity index (χ0) is 28.8. The smallest absolute Gasteiger partial charge is 0.416 e. The van der Waals surface area contributed by atoms with E-state index in [1.165, 1.54) is 12.1 Å². The number of nitrogens with two attached hydrogens (primary N) is 1. The fourth-order valence-electron chi connectivity index (χ4n) is 4.30. The van der Waals surface area contributed by atoms with Crippen molar-refractivity contribution in [3.05, 3.63) is 48.0 Å². The van der Waals surface area contributed by atoms with Gasteiger partial charge in [-0.05, 0) is 54.5 Å². The maximum Gasteiger partial charge on any atom is 0.416 e. The molecule has 210 valence electrons. The van der Waals surface area contributed by atoms with Gasteiger partial charge in [-0.3, -0.25) is 4.55 Å². The van der Waals surface area contributed by atoms with Crippen molar-refractivity contribution in [2.45, 2.75) is 28.8 Å². The molecule has 16 heteroatoms. The third-order valence-electron chi connectivity index (χ3n) is 6.27. The Bertz CT molecular complexity index is 1680. The highest BCUT2D eigenvalue weighted by Crippen LogP contribution is 2.42. The monoisotopic (exact) mass is 588 g/mol. The van der Waals surface area contributed by atoms with E-state index in [9.17, 15) is 44.8 Å². The van der Waals surface area contributed by atoms with Gasteiger partial charge < -0.3 is 15.9 Å². The molecule has 1 aliphatic rings. The van der Waals surface area contributed by atoms with Gasteiger partial charge in [0.15, 0.2) is 0 Å². The van der Waals surface area contributed by atoms with Crippen LogP contribution in [-0.2, 0) is 26.3 Å². The summed E-state index contributed by atoms with van der Waals surface area (Å²) in [5.41, 5.74) is 3.73. The summed E-state index contributed by atoms with van der Waals surface area (Å²) in [6.45, 7) is -0.192. The Morgan fingerprint density at radius 3 is 2.41 bits per heavy atom. The number of benzene rings is 3. The number of azo groups is 1. The summed E-state index contributed by atoms with van der Waals surface area (Å²) in [4.78, 5) is -1.19. The molecule has 0 bridgehead atoms. The lowest BCUT2D eigenvalue weighted by molar-refractivity contribution is -0.137. The van der Waals surface area contributed by atoms with Crippen LogP contribution in [0.5, 0.6) is 5.75 Å². The Kier molecular flexibility index (Phi) is 7.61. The molecular weight excluding hydrogens is 565 g/mol. The normalized spacial score (nSPS) is 17.7. The Balaban J connectivity index is 1.88. The van der Waals surface area contributed by atoms with Crippen LogP contribution in [-0.4, -0.2) is 55.6 Å². The molecule has 1 unspecified atom stereocenters. The molecule has 4 rings (SSSR count). The number of anilines is 1. The van der Waals surface area contributed by atoms with E-state index in [0.29, 0.717) is 25.0 Å². The number of phenolic OH excluding ortho intramolecular Hbond substituents is 1. The van der Waals surface area contributed by atoms with Gasteiger partial charge in [-0.1, -0.05) is 6.07 Å². The Hall–Kier alpha value is -3.31. The number of hydrogen-bond acceptors (Lipinski definition) is 9. The molecule has 0 aliphatic carbocycles. The van der Waals surface area contributed by atoms with Crippen molar-refractivity contribution in [1.29, 1.82) is 0 Å². The number of nitrogens with zero attached hydrogens (tertiary/aromatic N) is 3.